The SMILES string of the molecule is COc1ccc(NC(=O)Oc2ccc(-c3ccc(S(=O)(=O)NC(C(=O)OC(C)(C)C)C(C)C)cc3)cc2)cc1. The molecule has 3 aromatic carbocycles. The fourth-order valence-electron chi connectivity index (χ4n) is 3.52. The predicted molar refractivity (Wildman–Crippen MR) is 149 cm³/mol. The number of carbonyl (C=O) groups is 2. The molecule has 1 amide bonds. The lowest BCUT2D eigenvalue weighted by Gasteiger charge is -2.26. The highest BCUT2D eigenvalue weighted by Gasteiger charge is 2.32. The largest absolute Gasteiger partial charge is 0.497 e. The fraction of sp³-hybridized carbons (Fsp3) is 0.310. The third-order valence-electron chi connectivity index (χ3n) is 5.51. The van der Waals surface area contributed by atoms with Gasteiger partial charge in [0.2, 0.25) is 10.0 Å². The van der Waals surface area contributed by atoms with Gasteiger partial charge < -0.3 is 14.2 Å². The van der Waals surface area contributed by atoms with Crippen LogP contribution in [0.5, 0.6) is 11.5 Å². The smallest absolute Gasteiger partial charge is 0.417 e. The lowest BCUT2D eigenvalue weighted by molar-refractivity contribution is -0.158. The molecule has 208 valence electrons. The van der Waals surface area contributed by atoms with Crippen molar-refractivity contribution in [2.24, 2.45) is 5.92 Å². The second-order valence-corrected chi connectivity index (χ2v) is 11.9. The number of ether oxygens (including phenoxy) is 3. The van der Waals surface area contributed by atoms with Gasteiger partial charge in [-0.05, 0) is 86.3 Å². The molecule has 1 atom stereocenters. The van der Waals surface area contributed by atoms with Gasteiger partial charge in [-0.15, -0.1) is 0 Å². The molecule has 0 bridgehead atoms. The van der Waals surface area contributed by atoms with Gasteiger partial charge in [0.25, 0.3) is 0 Å². The predicted octanol–water partition coefficient (Wildman–Crippen LogP) is 5.62. The van der Waals surface area contributed by atoms with Crippen molar-refractivity contribution in [1.29, 1.82) is 0 Å². The molecular weight excluding hydrogens is 520 g/mol. The first-order valence-electron chi connectivity index (χ1n) is 12.4. The average Bonchev–Trinajstić information content (AvgIpc) is 2.87. The second-order valence-electron chi connectivity index (χ2n) is 10.2. The van der Waals surface area contributed by atoms with Crippen molar-refractivity contribution >= 4 is 27.8 Å². The standard InChI is InChI=1S/C29H34N2O7S/c1-19(2)26(27(32)38-29(3,4)5)31-39(34,35)25-17-9-21(10-18-25)20-7-13-24(14-8-20)37-28(33)30-22-11-15-23(36-6)16-12-22/h7-19,26,31H,1-6H3,(H,30,33). The zero-order valence-corrected chi connectivity index (χ0v) is 23.7. The molecule has 39 heavy (non-hydrogen) atoms. The molecule has 0 saturated heterocycles. The molecule has 0 aliphatic rings. The van der Waals surface area contributed by atoms with Crippen LogP contribution in [0.2, 0.25) is 0 Å². The van der Waals surface area contributed by atoms with Crippen molar-refractivity contribution < 1.29 is 32.2 Å². The van der Waals surface area contributed by atoms with Crippen molar-refractivity contribution in [3.8, 4) is 22.6 Å². The Hall–Kier alpha value is -3.89. The van der Waals surface area contributed by atoms with Gasteiger partial charge in [-0.3, -0.25) is 10.1 Å². The van der Waals surface area contributed by atoms with Crippen molar-refractivity contribution in [2.45, 2.75) is 51.2 Å². The number of anilines is 1. The Kier molecular flexibility index (Phi) is 9.36. The van der Waals surface area contributed by atoms with Gasteiger partial charge in [0.05, 0.1) is 12.0 Å². The highest BCUT2D eigenvalue weighted by molar-refractivity contribution is 7.89. The maximum atomic E-state index is 13.0. The monoisotopic (exact) mass is 554 g/mol. The van der Waals surface area contributed by atoms with Crippen LogP contribution in [0.4, 0.5) is 10.5 Å². The maximum absolute atomic E-state index is 13.0. The summed E-state index contributed by atoms with van der Waals surface area (Å²) in [7, 11) is -2.42. The number of carbonyl (C=O) groups excluding carboxylic acids is 2. The average molecular weight is 555 g/mol. The lowest BCUT2D eigenvalue weighted by atomic mass is 10.1. The first kappa shape index (κ1) is 29.7. The van der Waals surface area contributed by atoms with E-state index in [1.54, 1.807) is 102 Å². The quantitative estimate of drug-likeness (QED) is 0.330. The molecule has 0 saturated carbocycles. The van der Waals surface area contributed by atoms with Gasteiger partial charge in [0.15, 0.2) is 0 Å². The number of esters is 1. The summed E-state index contributed by atoms with van der Waals surface area (Å²) in [4.78, 5) is 24.8. The van der Waals surface area contributed by atoms with E-state index in [4.69, 9.17) is 14.2 Å². The summed E-state index contributed by atoms with van der Waals surface area (Å²) in [6, 6.07) is 18.9. The van der Waals surface area contributed by atoms with E-state index < -0.39 is 33.7 Å². The zero-order valence-electron chi connectivity index (χ0n) is 22.8. The van der Waals surface area contributed by atoms with Gasteiger partial charge in [0.1, 0.15) is 23.1 Å². The number of sulfonamides is 1. The van der Waals surface area contributed by atoms with Crippen molar-refractivity contribution in [3.63, 3.8) is 0 Å². The molecule has 0 radical (unpaired) electrons. The summed E-state index contributed by atoms with van der Waals surface area (Å²) >= 11 is 0. The summed E-state index contributed by atoms with van der Waals surface area (Å²) < 4.78 is 44.3. The minimum atomic E-state index is -3.98. The number of amides is 1. The van der Waals surface area contributed by atoms with Gasteiger partial charge in [-0.2, -0.15) is 4.72 Å². The van der Waals surface area contributed by atoms with E-state index in [1.807, 2.05) is 0 Å². The van der Waals surface area contributed by atoms with E-state index in [0.29, 0.717) is 17.2 Å². The Labute approximate surface area is 229 Å². The Morgan fingerprint density at radius 2 is 1.31 bits per heavy atom. The molecule has 3 aromatic rings. The van der Waals surface area contributed by atoms with E-state index in [9.17, 15) is 18.0 Å². The number of hydrogen-bond acceptors (Lipinski definition) is 7. The minimum absolute atomic E-state index is 0.0237. The second kappa shape index (κ2) is 12.3. The first-order chi connectivity index (χ1) is 18.3. The first-order valence-corrected chi connectivity index (χ1v) is 13.8. The van der Waals surface area contributed by atoms with Crippen LogP contribution in [0.3, 0.4) is 0 Å². The van der Waals surface area contributed by atoms with Crippen LogP contribution in [0.1, 0.15) is 34.6 Å². The van der Waals surface area contributed by atoms with Gasteiger partial charge in [-0.1, -0.05) is 38.1 Å². The van der Waals surface area contributed by atoms with Crippen LogP contribution in [-0.4, -0.2) is 39.2 Å². The summed E-state index contributed by atoms with van der Waals surface area (Å²) in [5.74, 6) is 0.0765. The van der Waals surface area contributed by atoms with E-state index in [2.05, 4.69) is 10.0 Å². The molecule has 1 unspecified atom stereocenters. The van der Waals surface area contributed by atoms with Crippen molar-refractivity contribution in [1.82, 2.24) is 4.72 Å². The Morgan fingerprint density at radius 1 is 0.795 bits per heavy atom. The van der Waals surface area contributed by atoms with Crippen molar-refractivity contribution in [2.75, 3.05) is 12.4 Å². The number of benzene rings is 3. The number of nitrogens with one attached hydrogen (secondary N) is 2. The molecule has 2 N–H and O–H groups in total. The van der Waals surface area contributed by atoms with E-state index >= 15 is 0 Å². The minimum Gasteiger partial charge on any atom is -0.497 e. The molecule has 0 fully saturated rings. The third-order valence-corrected chi connectivity index (χ3v) is 6.97. The van der Waals surface area contributed by atoms with Gasteiger partial charge >= 0.3 is 12.1 Å². The Balaban J connectivity index is 1.65. The van der Waals surface area contributed by atoms with Gasteiger partial charge in [0, 0.05) is 5.69 Å². The van der Waals surface area contributed by atoms with Crippen LogP contribution in [0, 0.1) is 5.92 Å². The third kappa shape index (κ3) is 8.56. The summed E-state index contributed by atoms with van der Waals surface area (Å²) in [5.41, 5.74) is 1.38. The molecule has 0 heterocycles. The molecule has 0 aliphatic heterocycles. The molecule has 0 spiro atoms. The van der Waals surface area contributed by atoms with E-state index in [-0.39, 0.29) is 10.8 Å². The van der Waals surface area contributed by atoms with Gasteiger partial charge in [-0.25, -0.2) is 13.2 Å². The Bertz CT molecular complexity index is 1380. The highest BCUT2D eigenvalue weighted by Crippen LogP contribution is 2.25. The maximum Gasteiger partial charge on any atom is 0.417 e. The normalized spacial score (nSPS) is 12.5. The number of hydrogen-bond donors (Lipinski definition) is 2. The topological polar surface area (TPSA) is 120 Å². The highest BCUT2D eigenvalue weighted by atomic mass is 32.2. The van der Waals surface area contributed by atoms with Crippen LogP contribution >= 0.6 is 0 Å². The van der Waals surface area contributed by atoms with Crippen LogP contribution in [-0.2, 0) is 19.6 Å². The van der Waals surface area contributed by atoms with Crippen LogP contribution in [0.15, 0.2) is 77.7 Å². The van der Waals surface area contributed by atoms with Crippen LogP contribution < -0.4 is 19.5 Å². The molecule has 10 heteroatoms. The number of methoxy groups -OCH3 is 1. The molecule has 0 aromatic heterocycles. The fourth-order valence-corrected chi connectivity index (χ4v) is 4.86. The van der Waals surface area contributed by atoms with Crippen molar-refractivity contribution in [3.05, 3.63) is 72.8 Å². The Morgan fingerprint density at radius 3 is 1.79 bits per heavy atom. The van der Waals surface area contributed by atoms with E-state index in [1.165, 1.54) is 12.1 Å². The van der Waals surface area contributed by atoms with E-state index in [0.717, 1.165) is 11.1 Å². The molecule has 9 nitrogen and oxygen atoms in total. The lowest BCUT2D eigenvalue weighted by Crippen LogP contribution is -2.47. The molecule has 0 aliphatic carbocycles. The number of rotatable bonds is 9. The summed E-state index contributed by atoms with van der Waals surface area (Å²) in [6.07, 6.45) is -0.638. The molecule has 3 rings (SSSR count). The zero-order chi connectivity index (χ0) is 28.8. The summed E-state index contributed by atoms with van der Waals surface area (Å²) in [5, 5.41) is 2.64. The van der Waals surface area contributed by atoms with Crippen LogP contribution in [0.25, 0.3) is 11.1 Å². The molecular formula is C29H34N2O7S. The summed E-state index contributed by atoms with van der Waals surface area (Å²) in [6.45, 7) is 8.68.